The van der Waals surface area contributed by atoms with E-state index >= 15 is 0 Å². The molecule has 0 spiro atoms. The van der Waals surface area contributed by atoms with Crippen molar-refractivity contribution < 1.29 is 19.8 Å². The van der Waals surface area contributed by atoms with Crippen LogP contribution in [0.1, 0.15) is 0 Å². The van der Waals surface area contributed by atoms with Crippen molar-refractivity contribution in [2.75, 3.05) is 6.26 Å². The number of carboxylic acids is 2. The molecule has 0 saturated carbocycles. The number of carboxylic acid groups (broad SMARTS) is 2. The molecule has 0 aliphatic heterocycles. The first-order valence-electron chi connectivity index (χ1n) is 4.85. The second-order valence-electron chi connectivity index (χ2n) is 3.35. The third-order valence-electron chi connectivity index (χ3n) is 2.07. The Bertz CT molecular complexity index is 406. The Balaban J connectivity index is 2.94. The second kappa shape index (κ2) is 6.72. The van der Waals surface area contributed by atoms with E-state index in [0.717, 1.165) is 9.25 Å². The molecule has 0 radical (unpaired) electrons. The van der Waals surface area contributed by atoms with Crippen LogP contribution in [0.3, 0.4) is 0 Å². The molecule has 0 aliphatic rings. The third kappa shape index (κ3) is 4.84. The number of aliphatic carboxylic acids is 2. The van der Waals surface area contributed by atoms with Crippen molar-refractivity contribution in [3.63, 3.8) is 0 Å². The van der Waals surface area contributed by atoms with Crippen LogP contribution in [0, 0.1) is 0 Å². The Morgan fingerprint density at radius 3 is 2.29 bits per heavy atom. The summed E-state index contributed by atoms with van der Waals surface area (Å²) in [6, 6.07) is 7.54. The molecular weight excluding hydrogens is 303 g/mol. The molecule has 1 aromatic carbocycles. The Hall–Kier alpha value is -0.932. The van der Waals surface area contributed by atoms with Gasteiger partial charge in [0.1, 0.15) is 0 Å². The molecule has 0 saturated heterocycles. The van der Waals surface area contributed by atoms with E-state index in [2.05, 4.69) is 0 Å². The fraction of sp³-hybridized carbons (Fsp3) is 0.273. The van der Waals surface area contributed by atoms with Crippen molar-refractivity contribution in [2.24, 2.45) is 0 Å². The van der Waals surface area contributed by atoms with Gasteiger partial charge in [-0.25, -0.2) is 0 Å². The number of carbonyl (C=O) groups is 2. The fourth-order valence-corrected chi connectivity index (χ4v) is 5.69. The summed E-state index contributed by atoms with van der Waals surface area (Å²) in [7, 11) is 0. The zero-order chi connectivity index (χ0) is 12.8. The Kier molecular flexibility index (Phi) is 5.58. The molecule has 1 rings (SSSR count). The number of hydrogen-bond donors (Lipinski definition) is 2. The first-order chi connectivity index (χ1) is 8.02. The molecular formula is C11H13AsO4S. The number of benzene rings is 1. The first kappa shape index (κ1) is 14.1. The summed E-state index contributed by atoms with van der Waals surface area (Å²) in [6.45, 7) is 0. The monoisotopic (exact) mass is 316 g/mol. The van der Waals surface area contributed by atoms with Gasteiger partial charge >= 0.3 is 108 Å². The van der Waals surface area contributed by atoms with Crippen molar-refractivity contribution in [2.45, 2.75) is 15.3 Å². The topological polar surface area (TPSA) is 74.6 Å². The summed E-state index contributed by atoms with van der Waals surface area (Å²) in [5, 5.41) is 17.6. The van der Waals surface area contributed by atoms with Crippen LogP contribution in [-0.4, -0.2) is 43.1 Å². The van der Waals surface area contributed by atoms with Gasteiger partial charge in [-0.1, -0.05) is 0 Å². The van der Waals surface area contributed by atoms with Crippen molar-refractivity contribution in [3.8, 4) is 0 Å². The zero-order valence-electron chi connectivity index (χ0n) is 9.29. The summed E-state index contributed by atoms with van der Waals surface area (Å²) >= 11 is -0.470. The summed E-state index contributed by atoms with van der Waals surface area (Å²) in [6.07, 6.45) is 1.94. The van der Waals surface area contributed by atoms with Crippen molar-refractivity contribution >= 4 is 42.7 Å². The zero-order valence-corrected chi connectivity index (χ0v) is 12.0. The molecule has 4 nitrogen and oxygen atoms in total. The molecule has 17 heavy (non-hydrogen) atoms. The van der Waals surface area contributed by atoms with E-state index < -0.39 is 26.6 Å². The van der Waals surface area contributed by atoms with Crippen LogP contribution >= 0.6 is 11.8 Å². The molecule has 0 fully saturated rings. The maximum absolute atomic E-state index is 10.8. The van der Waals surface area contributed by atoms with Crippen LogP contribution in [-0.2, 0) is 9.59 Å². The number of thioether (sulfide) groups is 1. The number of rotatable bonds is 6. The van der Waals surface area contributed by atoms with E-state index in [-0.39, 0.29) is 10.4 Å². The number of hydrogen-bond acceptors (Lipinski definition) is 3. The molecule has 0 heterocycles. The van der Waals surface area contributed by atoms with Gasteiger partial charge in [0.25, 0.3) is 0 Å². The van der Waals surface area contributed by atoms with Gasteiger partial charge in [0.2, 0.25) is 0 Å². The summed E-state index contributed by atoms with van der Waals surface area (Å²) in [4.78, 5) is 22.6. The van der Waals surface area contributed by atoms with Crippen LogP contribution < -0.4 is 4.35 Å². The normalized spacial score (nSPS) is 10.5. The Morgan fingerprint density at radius 2 is 1.82 bits per heavy atom. The summed E-state index contributed by atoms with van der Waals surface area (Å²) in [5.74, 6) is -1.83. The van der Waals surface area contributed by atoms with Gasteiger partial charge in [0.15, 0.2) is 0 Å². The standard InChI is InChI=1S/C11H13AsO4S/c1-17-9-4-2-3-8(5-9)12(6-10(13)14)7-11(15)16/h2-5H,6-7H2,1H3,(H,13,14)(H,15,16). The van der Waals surface area contributed by atoms with Crippen LogP contribution in [0.4, 0.5) is 0 Å². The predicted octanol–water partition coefficient (Wildman–Crippen LogP) is 1.28. The molecule has 0 bridgehead atoms. The fourth-order valence-electron chi connectivity index (χ4n) is 1.37. The van der Waals surface area contributed by atoms with Crippen LogP contribution in [0.2, 0.25) is 10.4 Å². The van der Waals surface area contributed by atoms with E-state index in [1.807, 2.05) is 30.5 Å². The van der Waals surface area contributed by atoms with E-state index in [1.165, 1.54) is 0 Å². The molecule has 0 aliphatic carbocycles. The minimum atomic E-state index is -2.04. The van der Waals surface area contributed by atoms with Crippen molar-refractivity contribution in [1.29, 1.82) is 0 Å². The van der Waals surface area contributed by atoms with Gasteiger partial charge in [-0.3, -0.25) is 0 Å². The van der Waals surface area contributed by atoms with Gasteiger partial charge in [-0.2, -0.15) is 0 Å². The molecule has 92 valence electrons. The van der Waals surface area contributed by atoms with E-state index in [4.69, 9.17) is 10.2 Å². The molecule has 0 amide bonds. The van der Waals surface area contributed by atoms with E-state index in [1.54, 1.807) is 11.8 Å². The van der Waals surface area contributed by atoms with E-state index in [0.29, 0.717) is 0 Å². The van der Waals surface area contributed by atoms with Gasteiger partial charge < -0.3 is 0 Å². The summed E-state index contributed by atoms with van der Waals surface area (Å²) in [5.41, 5.74) is 0. The Morgan fingerprint density at radius 1 is 1.24 bits per heavy atom. The van der Waals surface area contributed by atoms with Gasteiger partial charge in [0, 0.05) is 0 Å². The van der Waals surface area contributed by atoms with Gasteiger partial charge in [0.05, 0.1) is 0 Å². The third-order valence-corrected chi connectivity index (χ3v) is 7.65. The minimum absolute atomic E-state index is 0.0167. The molecule has 1 aromatic rings. The SMILES string of the molecule is CSc1cccc([As](CC(=O)O)CC(=O)O)c1. The quantitative estimate of drug-likeness (QED) is 0.611. The van der Waals surface area contributed by atoms with Gasteiger partial charge in [-0.05, 0) is 0 Å². The van der Waals surface area contributed by atoms with Crippen LogP contribution in [0.15, 0.2) is 29.2 Å². The van der Waals surface area contributed by atoms with Crippen LogP contribution in [0.25, 0.3) is 0 Å². The molecule has 0 aromatic heterocycles. The molecule has 6 heteroatoms. The van der Waals surface area contributed by atoms with Crippen LogP contribution in [0.5, 0.6) is 0 Å². The van der Waals surface area contributed by atoms with Gasteiger partial charge in [-0.15, -0.1) is 0 Å². The molecule has 0 unspecified atom stereocenters. The van der Waals surface area contributed by atoms with Crippen molar-refractivity contribution in [1.82, 2.24) is 0 Å². The van der Waals surface area contributed by atoms with E-state index in [9.17, 15) is 9.59 Å². The maximum atomic E-state index is 10.8. The first-order valence-corrected chi connectivity index (χ1v) is 9.67. The summed E-state index contributed by atoms with van der Waals surface area (Å²) < 4.78 is 0.911. The average molecular weight is 316 g/mol. The molecule has 0 atom stereocenters. The average Bonchev–Trinajstić information content (AvgIpc) is 2.27. The van der Waals surface area contributed by atoms with Crippen molar-refractivity contribution in [3.05, 3.63) is 24.3 Å². The molecule has 2 N–H and O–H groups in total. The Labute approximate surface area is 108 Å². The predicted molar refractivity (Wildman–Crippen MR) is 68.5 cm³/mol. The second-order valence-corrected chi connectivity index (χ2v) is 8.90.